The molecular formula is C10H17NO. The first-order chi connectivity index (χ1) is 5.64. The second-order valence-corrected chi connectivity index (χ2v) is 4.41. The second kappa shape index (κ2) is 2.57. The van der Waals surface area contributed by atoms with E-state index in [0.29, 0.717) is 11.5 Å². The van der Waals surface area contributed by atoms with E-state index in [1.54, 1.807) is 0 Å². The maximum Gasteiger partial charge on any atom is 0.0564 e. The van der Waals surface area contributed by atoms with Gasteiger partial charge in [-0.25, -0.2) is 0 Å². The van der Waals surface area contributed by atoms with Gasteiger partial charge in [-0.2, -0.15) is 0 Å². The average molecular weight is 167 g/mol. The van der Waals surface area contributed by atoms with E-state index in [9.17, 15) is 5.11 Å². The van der Waals surface area contributed by atoms with Gasteiger partial charge in [-0.15, -0.1) is 0 Å². The molecule has 3 atom stereocenters. The van der Waals surface area contributed by atoms with Crippen LogP contribution in [0.4, 0.5) is 0 Å². The van der Waals surface area contributed by atoms with Gasteiger partial charge in [0.1, 0.15) is 0 Å². The molecule has 0 amide bonds. The number of hydrogen-bond donors (Lipinski definition) is 1. The lowest BCUT2D eigenvalue weighted by atomic mass is 9.71. The predicted molar refractivity (Wildman–Crippen MR) is 48.9 cm³/mol. The zero-order valence-electron chi connectivity index (χ0n) is 7.83. The summed E-state index contributed by atoms with van der Waals surface area (Å²) in [5, 5.41) is 9.59. The van der Waals surface area contributed by atoms with E-state index < -0.39 is 0 Å². The quantitative estimate of drug-likeness (QED) is 0.589. The smallest absolute Gasteiger partial charge is 0.0564 e. The molecule has 68 valence electrons. The first-order valence-electron chi connectivity index (χ1n) is 4.66. The summed E-state index contributed by atoms with van der Waals surface area (Å²) in [4.78, 5) is 2.25. The molecule has 0 aromatic heterocycles. The van der Waals surface area contributed by atoms with E-state index >= 15 is 0 Å². The lowest BCUT2D eigenvalue weighted by Crippen LogP contribution is -2.41. The number of allylic oxidation sites excluding steroid dienone is 1. The van der Waals surface area contributed by atoms with Gasteiger partial charge in [0.25, 0.3) is 0 Å². The Hall–Kier alpha value is -0.340. The van der Waals surface area contributed by atoms with Gasteiger partial charge in [0.05, 0.1) is 6.10 Å². The van der Waals surface area contributed by atoms with E-state index in [1.807, 2.05) is 0 Å². The first kappa shape index (κ1) is 8.27. The molecule has 1 fully saturated rings. The highest BCUT2D eigenvalue weighted by Gasteiger charge is 2.48. The van der Waals surface area contributed by atoms with Crippen LogP contribution in [0.3, 0.4) is 0 Å². The summed E-state index contributed by atoms with van der Waals surface area (Å²) in [6.45, 7) is 0. The third-order valence-electron chi connectivity index (χ3n) is 3.35. The Kier molecular flexibility index (Phi) is 1.77. The molecule has 0 saturated heterocycles. The van der Waals surface area contributed by atoms with E-state index in [4.69, 9.17) is 0 Å². The molecule has 0 bridgehead atoms. The standard InChI is InChI=1S/C10H17NO/c1-11(2)9-6-8(12)7-10(9)4-3-5-10/h3-4,8-9,12H,5-7H2,1-2H3/t8-,9?,10+/m0/s1. The Morgan fingerprint density at radius 2 is 2.17 bits per heavy atom. The number of aliphatic hydroxyl groups excluding tert-OH is 1. The molecule has 2 rings (SSSR count). The van der Waals surface area contributed by atoms with Crippen molar-refractivity contribution < 1.29 is 5.11 Å². The zero-order chi connectivity index (χ0) is 8.77. The fourth-order valence-electron chi connectivity index (χ4n) is 2.69. The fourth-order valence-corrected chi connectivity index (χ4v) is 2.69. The van der Waals surface area contributed by atoms with E-state index in [0.717, 1.165) is 19.3 Å². The van der Waals surface area contributed by atoms with Gasteiger partial charge in [-0.1, -0.05) is 12.2 Å². The second-order valence-electron chi connectivity index (χ2n) is 4.41. The molecule has 2 aliphatic rings. The summed E-state index contributed by atoms with van der Waals surface area (Å²) in [6.07, 6.45) is 7.49. The van der Waals surface area contributed by atoms with Gasteiger partial charge in [-0.05, 0) is 33.4 Å². The zero-order valence-corrected chi connectivity index (χ0v) is 7.83. The largest absolute Gasteiger partial charge is 0.393 e. The summed E-state index contributed by atoms with van der Waals surface area (Å²) in [5.41, 5.74) is 0.322. The molecule has 0 radical (unpaired) electrons. The maximum absolute atomic E-state index is 9.59. The van der Waals surface area contributed by atoms with E-state index in [-0.39, 0.29) is 6.10 Å². The molecule has 2 nitrogen and oxygen atoms in total. The molecule has 1 unspecified atom stereocenters. The van der Waals surface area contributed by atoms with E-state index in [2.05, 4.69) is 31.1 Å². The number of nitrogens with zero attached hydrogens (tertiary/aromatic N) is 1. The van der Waals surface area contributed by atoms with Gasteiger partial charge in [0.2, 0.25) is 0 Å². The topological polar surface area (TPSA) is 23.5 Å². The van der Waals surface area contributed by atoms with Crippen LogP contribution in [0.15, 0.2) is 12.2 Å². The predicted octanol–water partition coefficient (Wildman–Crippen LogP) is 1.02. The third-order valence-corrected chi connectivity index (χ3v) is 3.35. The van der Waals surface area contributed by atoms with Gasteiger partial charge in [0, 0.05) is 11.5 Å². The van der Waals surface area contributed by atoms with Crippen LogP contribution in [-0.2, 0) is 0 Å². The Balaban J connectivity index is 2.17. The van der Waals surface area contributed by atoms with Gasteiger partial charge in [0.15, 0.2) is 0 Å². The summed E-state index contributed by atoms with van der Waals surface area (Å²) >= 11 is 0. The number of aliphatic hydroxyl groups is 1. The lowest BCUT2D eigenvalue weighted by molar-refractivity contribution is 0.163. The lowest BCUT2D eigenvalue weighted by Gasteiger charge is -2.40. The molecule has 2 aliphatic carbocycles. The van der Waals surface area contributed by atoms with Crippen molar-refractivity contribution in [2.24, 2.45) is 5.41 Å². The van der Waals surface area contributed by atoms with Crippen molar-refractivity contribution in [2.75, 3.05) is 14.1 Å². The molecule has 1 N–H and O–H groups in total. The molecule has 0 aromatic rings. The minimum atomic E-state index is -0.0812. The highest BCUT2D eigenvalue weighted by molar-refractivity contribution is 5.21. The molecule has 0 aliphatic heterocycles. The highest BCUT2D eigenvalue weighted by Crippen LogP contribution is 2.49. The van der Waals surface area contributed by atoms with Gasteiger partial charge < -0.3 is 10.0 Å². The summed E-state index contributed by atoms with van der Waals surface area (Å²) in [6, 6.07) is 0.553. The summed E-state index contributed by atoms with van der Waals surface area (Å²) in [7, 11) is 4.22. The molecule has 0 aromatic carbocycles. The van der Waals surface area contributed by atoms with Crippen molar-refractivity contribution in [3.05, 3.63) is 12.2 Å². The molecule has 1 spiro atoms. The summed E-state index contributed by atoms with van der Waals surface area (Å²) < 4.78 is 0. The van der Waals surface area contributed by atoms with Crippen LogP contribution in [0.5, 0.6) is 0 Å². The van der Waals surface area contributed by atoms with Crippen molar-refractivity contribution in [3.8, 4) is 0 Å². The Morgan fingerprint density at radius 3 is 2.50 bits per heavy atom. The summed E-state index contributed by atoms with van der Waals surface area (Å²) in [5.74, 6) is 0. The first-order valence-corrected chi connectivity index (χ1v) is 4.66. The van der Waals surface area contributed by atoms with Crippen LogP contribution in [-0.4, -0.2) is 36.2 Å². The normalized spacial score (nSPS) is 45.7. The molecule has 1 saturated carbocycles. The van der Waals surface area contributed by atoms with Crippen molar-refractivity contribution in [1.29, 1.82) is 0 Å². The number of rotatable bonds is 1. The van der Waals surface area contributed by atoms with Crippen molar-refractivity contribution >= 4 is 0 Å². The Labute approximate surface area is 73.9 Å². The highest BCUT2D eigenvalue weighted by atomic mass is 16.3. The third kappa shape index (κ3) is 1.02. The van der Waals surface area contributed by atoms with Crippen LogP contribution in [0, 0.1) is 5.41 Å². The van der Waals surface area contributed by atoms with Crippen molar-refractivity contribution in [1.82, 2.24) is 4.90 Å². The van der Waals surface area contributed by atoms with Crippen LogP contribution in [0.25, 0.3) is 0 Å². The monoisotopic (exact) mass is 167 g/mol. The maximum atomic E-state index is 9.59. The minimum absolute atomic E-state index is 0.0812. The van der Waals surface area contributed by atoms with Crippen LogP contribution >= 0.6 is 0 Å². The molecule has 2 heteroatoms. The van der Waals surface area contributed by atoms with E-state index in [1.165, 1.54) is 0 Å². The fraction of sp³-hybridized carbons (Fsp3) is 0.800. The Morgan fingerprint density at radius 1 is 1.50 bits per heavy atom. The minimum Gasteiger partial charge on any atom is -0.393 e. The average Bonchev–Trinajstić information content (AvgIpc) is 2.25. The van der Waals surface area contributed by atoms with Crippen LogP contribution in [0.2, 0.25) is 0 Å². The van der Waals surface area contributed by atoms with Crippen LogP contribution < -0.4 is 0 Å². The van der Waals surface area contributed by atoms with Gasteiger partial charge >= 0.3 is 0 Å². The van der Waals surface area contributed by atoms with Gasteiger partial charge in [-0.3, -0.25) is 0 Å². The Bertz CT molecular complexity index is 212. The van der Waals surface area contributed by atoms with Crippen molar-refractivity contribution in [2.45, 2.75) is 31.4 Å². The molecule has 0 heterocycles. The molecule has 12 heavy (non-hydrogen) atoms. The van der Waals surface area contributed by atoms with Crippen LogP contribution in [0.1, 0.15) is 19.3 Å². The van der Waals surface area contributed by atoms with Crippen molar-refractivity contribution in [3.63, 3.8) is 0 Å². The SMILES string of the molecule is CN(C)C1C[C@H](O)C[C@]12C=CC2. The number of hydrogen-bond acceptors (Lipinski definition) is 2. The molecular weight excluding hydrogens is 150 g/mol.